The Kier molecular flexibility index (Phi) is 2.54. The van der Waals surface area contributed by atoms with Crippen LogP contribution in [0.1, 0.15) is 23.0 Å². The number of benzene rings is 1. The topological polar surface area (TPSA) is 26.3 Å². The minimum absolute atomic E-state index is 0.0289. The molecule has 0 aliphatic heterocycles. The zero-order chi connectivity index (χ0) is 11.5. The summed E-state index contributed by atoms with van der Waals surface area (Å²) in [5.41, 5.74) is 1.16. The molecule has 84 valence electrons. The van der Waals surface area contributed by atoms with Crippen LogP contribution in [0.15, 0.2) is 76.0 Å². The van der Waals surface area contributed by atoms with Gasteiger partial charge >= 0.3 is 0 Å². The van der Waals surface area contributed by atoms with Crippen molar-refractivity contribution in [2.45, 2.75) is 5.92 Å². The fraction of sp³-hybridized carbons (Fsp3) is 0.0667. The molecule has 3 rings (SSSR count). The van der Waals surface area contributed by atoms with E-state index in [1.807, 2.05) is 42.5 Å². The lowest BCUT2D eigenvalue weighted by Crippen LogP contribution is -2.00. The fourth-order valence-electron chi connectivity index (χ4n) is 2.03. The molecule has 2 nitrogen and oxygen atoms in total. The lowest BCUT2D eigenvalue weighted by atomic mass is 9.94. The zero-order valence-corrected chi connectivity index (χ0v) is 9.24. The first-order chi connectivity index (χ1) is 8.45. The van der Waals surface area contributed by atoms with Crippen molar-refractivity contribution >= 4 is 0 Å². The van der Waals surface area contributed by atoms with E-state index in [-0.39, 0.29) is 5.92 Å². The summed E-state index contributed by atoms with van der Waals surface area (Å²) in [4.78, 5) is 0. The first-order valence-corrected chi connectivity index (χ1v) is 5.57. The number of hydrogen-bond acceptors (Lipinski definition) is 2. The average molecular weight is 224 g/mol. The second kappa shape index (κ2) is 4.34. The number of rotatable bonds is 3. The third kappa shape index (κ3) is 1.89. The van der Waals surface area contributed by atoms with E-state index in [1.165, 1.54) is 0 Å². The molecule has 2 aromatic heterocycles. The van der Waals surface area contributed by atoms with Crippen LogP contribution in [0, 0.1) is 0 Å². The van der Waals surface area contributed by atoms with E-state index >= 15 is 0 Å². The van der Waals surface area contributed by atoms with Crippen LogP contribution >= 0.6 is 0 Å². The Labute approximate surface area is 99.5 Å². The van der Waals surface area contributed by atoms with E-state index in [4.69, 9.17) is 8.83 Å². The van der Waals surface area contributed by atoms with Gasteiger partial charge in [-0.05, 0) is 29.8 Å². The first-order valence-electron chi connectivity index (χ1n) is 5.57. The minimum Gasteiger partial charge on any atom is -0.468 e. The SMILES string of the molecule is c1ccc(C(c2ccco2)c2ccco2)cc1. The van der Waals surface area contributed by atoms with Crippen molar-refractivity contribution in [1.29, 1.82) is 0 Å². The molecule has 3 aromatic rings. The molecule has 0 atom stereocenters. The van der Waals surface area contributed by atoms with Gasteiger partial charge in [-0.1, -0.05) is 30.3 Å². The third-order valence-corrected chi connectivity index (χ3v) is 2.79. The van der Waals surface area contributed by atoms with Gasteiger partial charge < -0.3 is 8.83 Å². The highest BCUT2D eigenvalue weighted by Crippen LogP contribution is 2.32. The van der Waals surface area contributed by atoms with Crippen LogP contribution in [0.2, 0.25) is 0 Å². The molecule has 2 heterocycles. The summed E-state index contributed by atoms with van der Waals surface area (Å²) in [5, 5.41) is 0. The number of furan rings is 2. The molecule has 0 N–H and O–H groups in total. The molecular weight excluding hydrogens is 212 g/mol. The second-order valence-electron chi connectivity index (χ2n) is 3.87. The summed E-state index contributed by atoms with van der Waals surface area (Å²) in [7, 11) is 0. The van der Waals surface area contributed by atoms with E-state index < -0.39 is 0 Å². The summed E-state index contributed by atoms with van der Waals surface area (Å²) >= 11 is 0. The normalized spacial score (nSPS) is 10.9. The molecule has 0 spiro atoms. The standard InChI is InChI=1S/C15H12O2/c1-2-6-12(7-3-1)15(13-8-4-10-16-13)14-9-5-11-17-14/h1-11,15H. The van der Waals surface area contributed by atoms with Gasteiger partial charge in [-0.3, -0.25) is 0 Å². The van der Waals surface area contributed by atoms with Gasteiger partial charge in [0.15, 0.2) is 0 Å². The Balaban J connectivity index is 2.10. The highest BCUT2D eigenvalue weighted by atomic mass is 16.3. The molecule has 0 unspecified atom stereocenters. The van der Waals surface area contributed by atoms with Gasteiger partial charge in [0.05, 0.1) is 12.5 Å². The zero-order valence-electron chi connectivity index (χ0n) is 9.24. The molecule has 0 bridgehead atoms. The highest BCUT2D eigenvalue weighted by Gasteiger charge is 2.21. The summed E-state index contributed by atoms with van der Waals surface area (Å²) < 4.78 is 11.0. The van der Waals surface area contributed by atoms with Crippen LogP contribution in [0.25, 0.3) is 0 Å². The molecule has 0 saturated carbocycles. The molecule has 0 aliphatic rings. The van der Waals surface area contributed by atoms with E-state index in [1.54, 1.807) is 12.5 Å². The molecule has 0 amide bonds. The highest BCUT2D eigenvalue weighted by molar-refractivity contribution is 5.35. The third-order valence-electron chi connectivity index (χ3n) is 2.79. The van der Waals surface area contributed by atoms with Crippen LogP contribution in [-0.4, -0.2) is 0 Å². The van der Waals surface area contributed by atoms with Crippen molar-refractivity contribution < 1.29 is 8.83 Å². The average Bonchev–Trinajstić information content (AvgIpc) is 3.04. The molecule has 2 heteroatoms. The summed E-state index contributed by atoms with van der Waals surface area (Å²) in [5.74, 6) is 1.82. The van der Waals surface area contributed by atoms with Crippen molar-refractivity contribution in [1.82, 2.24) is 0 Å². The van der Waals surface area contributed by atoms with Crippen LogP contribution in [-0.2, 0) is 0 Å². The number of hydrogen-bond donors (Lipinski definition) is 0. The van der Waals surface area contributed by atoms with Crippen LogP contribution in [0.5, 0.6) is 0 Å². The summed E-state index contributed by atoms with van der Waals surface area (Å²) in [6.07, 6.45) is 3.38. The monoisotopic (exact) mass is 224 g/mol. The summed E-state index contributed by atoms with van der Waals surface area (Å²) in [6.45, 7) is 0. The van der Waals surface area contributed by atoms with Crippen molar-refractivity contribution in [3.63, 3.8) is 0 Å². The van der Waals surface area contributed by atoms with Crippen molar-refractivity contribution in [2.75, 3.05) is 0 Å². The van der Waals surface area contributed by atoms with Gasteiger partial charge in [-0.25, -0.2) is 0 Å². The minimum atomic E-state index is 0.0289. The maximum Gasteiger partial charge on any atom is 0.118 e. The van der Waals surface area contributed by atoms with Gasteiger partial charge in [0, 0.05) is 0 Å². The Morgan fingerprint density at radius 1 is 0.647 bits per heavy atom. The Hall–Kier alpha value is -2.22. The largest absolute Gasteiger partial charge is 0.468 e. The van der Waals surface area contributed by atoms with Gasteiger partial charge in [0.1, 0.15) is 17.4 Å². The second-order valence-corrected chi connectivity index (χ2v) is 3.87. The van der Waals surface area contributed by atoms with E-state index in [0.717, 1.165) is 17.1 Å². The van der Waals surface area contributed by atoms with Gasteiger partial charge in [0.2, 0.25) is 0 Å². The maximum absolute atomic E-state index is 5.51. The van der Waals surface area contributed by atoms with E-state index in [2.05, 4.69) is 12.1 Å². The lowest BCUT2D eigenvalue weighted by molar-refractivity contribution is 0.449. The lowest BCUT2D eigenvalue weighted by Gasteiger charge is -2.12. The van der Waals surface area contributed by atoms with E-state index in [0.29, 0.717) is 0 Å². The molecule has 1 aromatic carbocycles. The molecule has 0 aliphatic carbocycles. The van der Waals surface area contributed by atoms with Crippen molar-refractivity contribution in [3.05, 3.63) is 84.2 Å². The maximum atomic E-state index is 5.51. The van der Waals surface area contributed by atoms with E-state index in [9.17, 15) is 0 Å². The molecule has 0 saturated heterocycles. The van der Waals surface area contributed by atoms with Crippen LogP contribution < -0.4 is 0 Å². The molecule has 0 radical (unpaired) electrons. The molecule has 0 fully saturated rings. The smallest absolute Gasteiger partial charge is 0.118 e. The Morgan fingerprint density at radius 2 is 1.24 bits per heavy atom. The summed E-state index contributed by atoms with van der Waals surface area (Å²) in [6, 6.07) is 17.9. The quantitative estimate of drug-likeness (QED) is 0.670. The predicted octanol–water partition coefficient (Wildman–Crippen LogP) is 4.05. The Bertz CT molecular complexity index is 516. The van der Waals surface area contributed by atoms with Crippen LogP contribution in [0.3, 0.4) is 0 Å². The van der Waals surface area contributed by atoms with Crippen molar-refractivity contribution in [2.24, 2.45) is 0 Å². The van der Waals surface area contributed by atoms with Gasteiger partial charge in [-0.2, -0.15) is 0 Å². The molecule has 17 heavy (non-hydrogen) atoms. The van der Waals surface area contributed by atoms with Crippen molar-refractivity contribution in [3.8, 4) is 0 Å². The predicted molar refractivity (Wildman–Crippen MR) is 64.8 cm³/mol. The fourth-order valence-corrected chi connectivity index (χ4v) is 2.03. The Morgan fingerprint density at radius 3 is 1.71 bits per heavy atom. The van der Waals surface area contributed by atoms with Gasteiger partial charge in [-0.15, -0.1) is 0 Å². The molecular formula is C15H12O2. The first kappa shape index (κ1) is 9.97. The van der Waals surface area contributed by atoms with Gasteiger partial charge in [0.25, 0.3) is 0 Å². The van der Waals surface area contributed by atoms with Crippen LogP contribution in [0.4, 0.5) is 0 Å².